The van der Waals surface area contributed by atoms with E-state index in [0.717, 1.165) is 5.56 Å². The molecule has 0 saturated carbocycles. The Morgan fingerprint density at radius 3 is 2.75 bits per heavy atom. The topological polar surface area (TPSA) is 38.3 Å². The zero-order valence-corrected chi connectivity index (χ0v) is 11.2. The lowest BCUT2D eigenvalue weighted by molar-refractivity contribution is -0.116. The predicted octanol–water partition coefficient (Wildman–Crippen LogP) is 3.41. The highest BCUT2D eigenvalue weighted by Gasteiger charge is 2.04. The van der Waals surface area contributed by atoms with Gasteiger partial charge in [0, 0.05) is 18.2 Å². The van der Waals surface area contributed by atoms with Gasteiger partial charge in [-0.3, -0.25) is 4.79 Å². The summed E-state index contributed by atoms with van der Waals surface area (Å²) in [5, 5.41) is 2.79. The van der Waals surface area contributed by atoms with E-state index in [0.29, 0.717) is 24.3 Å². The zero-order valence-electron chi connectivity index (χ0n) is 11.2. The first-order valence-corrected chi connectivity index (χ1v) is 6.36. The minimum absolute atomic E-state index is 0.109. The molecule has 0 bridgehead atoms. The van der Waals surface area contributed by atoms with Gasteiger partial charge in [-0.15, -0.1) is 0 Å². The fourth-order valence-electron chi connectivity index (χ4n) is 1.87. The highest BCUT2D eigenvalue weighted by atomic mass is 19.1. The Balaban J connectivity index is 1.89. The Bertz CT molecular complexity index is 599. The van der Waals surface area contributed by atoms with Gasteiger partial charge in [-0.2, -0.15) is 0 Å². The number of rotatable bonds is 5. The van der Waals surface area contributed by atoms with E-state index < -0.39 is 0 Å². The molecule has 2 aromatic rings. The summed E-state index contributed by atoms with van der Waals surface area (Å²) < 4.78 is 18.1. The number of aryl methyl sites for hydroxylation is 1. The molecule has 1 N–H and O–H groups in total. The van der Waals surface area contributed by atoms with Crippen molar-refractivity contribution in [2.24, 2.45) is 0 Å². The van der Waals surface area contributed by atoms with Crippen LogP contribution in [0.25, 0.3) is 0 Å². The standard InChI is InChI=1S/C16H16FNO2/c1-20-15-7-3-6-14(11-15)18-16(19)9-8-12-4-2-5-13(17)10-12/h2-7,10-11H,8-9H2,1H3,(H,18,19). The van der Waals surface area contributed by atoms with Crippen LogP contribution in [0.3, 0.4) is 0 Å². The van der Waals surface area contributed by atoms with Crippen molar-refractivity contribution in [1.29, 1.82) is 0 Å². The van der Waals surface area contributed by atoms with E-state index in [9.17, 15) is 9.18 Å². The minimum atomic E-state index is -0.282. The number of amides is 1. The van der Waals surface area contributed by atoms with Crippen LogP contribution >= 0.6 is 0 Å². The molecule has 0 aromatic heterocycles. The Hall–Kier alpha value is -2.36. The molecule has 0 unspecified atom stereocenters. The molecule has 2 aromatic carbocycles. The van der Waals surface area contributed by atoms with Crippen LogP contribution in [-0.4, -0.2) is 13.0 Å². The van der Waals surface area contributed by atoms with Crippen LogP contribution in [0, 0.1) is 5.82 Å². The van der Waals surface area contributed by atoms with Gasteiger partial charge in [-0.25, -0.2) is 4.39 Å². The predicted molar refractivity (Wildman–Crippen MR) is 76.3 cm³/mol. The number of carbonyl (C=O) groups is 1. The van der Waals surface area contributed by atoms with Crippen molar-refractivity contribution in [3.8, 4) is 5.75 Å². The molecule has 0 aliphatic heterocycles. The van der Waals surface area contributed by atoms with Gasteiger partial charge in [-0.05, 0) is 36.2 Å². The lowest BCUT2D eigenvalue weighted by Gasteiger charge is -2.07. The molecule has 0 saturated heterocycles. The summed E-state index contributed by atoms with van der Waals surface area (Å²) in [6.45, 7) is 0. The molecule has 0 atom stereocenters. The largest absolute Gasteiger partial charge is 0.497 e. The Labute approximate surface area is 117 Å². The van der Waals surface area contributed by atoms with Gasteiger partial charge in [0.1, 0.15) is 11.6 Å². The van der Waals surface area contributed by atoms with Gasteiger partial charge in [0.2, 0.25) is 5.91 Å². The SMILES string of the molecule is COc1cccc(NC(=O)CCc2cccc(F)c2)c1. The first kappa shape index (κ1) is 14.1. The van der Waals surface area contributed by atoms with Crippen molar-refractivity contribution in [3.05, 3.63) is 59.9 Å². The van der Waals surface area contributed by atoms with Gasteiger partial charge in [-0.1, -0.05) is 18.2 Å². The molecule has 0 spiro atoms. The van der Waals surface area contributed by atoms with Gasteiger partial charge < -0.3 is 10.1 Å². The van der Waals surface area contributed by atoms with E-state index in [-0.39, 0.29) is 11.7 Å². The second-order valence-electron chi connectivity index (χ2n) is 4.41. The first-order chi connectivity index (χ1) is 9.67. The van der Waals surface area contributed by atoms with Crippen molar-refractivity contribution in [1.82, 2.24) is 0 Å². The molecule has 20 heavy (non-hydrogen) atoms. The van der Waals surface area contributed by atoms with E-state index in [4.69, 9.17) is 4.74 Å². The van der Waals surface area contributed by atoms with Crippen molar-refractivity contribution < 1.29 is 13.9 Å². The Morgan fingerprint density at radius 2 is 2.00 bits per heavy atom. The molecule has 104 valence electrons. The van der Waals surface area contributed by atoms with E-state index in [1.807, 2.05) is 12.1 Å². The number of halogens is 1. The Kier molecular flexibility index (Phi) is 4.71. The molecule has 0 aliphatic carbocycles. The Morgan fingerprint density at radius 1 is 1.20 bits per heavy atom. The van der Waals surface area contributed by atoms with Gasteiger partial charge >= 0.3 is 0 Å². The number of carbonyl (C=O) groups excluding carboxylic acids is 1. The lowest BCUT2D eigenvalue weighted by atomic mass is 10.1. The summed E-state index contributed by atoms with van der Waals surface area (Å²) in [6, 6.07) is 13.4. The third-order valence-corrected chi connectivity index (χ3v) is 2.88. The van der Waals surface area contributed by atoms with Crippen LogP contribution in [-0.2, 0) is 11.2 Å². The molecule has 3 nitrogen and oxygen atoms in total. The summed E-state index contributed by atoms with van der Waals surface area (Å²) in [5.74, 6) is 0.297. The van der Waals surface area contributed by atoms with Crippen LogP contribution < -0.4 is 10.1 Å². The third-order valence-electron chi connectivity index (χ3n) is 2.88. The first-order valence-electron chi connectivity index (χ1n) is 6.36. The third kappa shape index (κ3) is 4.09. The molecule has 0 fully saturated rings. The quantitative estimate of drug-likeness (QED) is 0.906. The summed E-state index contributed by atoms with van der Waals surface area (Å²) in [7, 11) is 1.57. The van der Waals surface area contributed by atoms with E-state index in [1.165, 1.54) is 12.1 Å². The summed E-state index contributed by atoms with van der Waals surface area (Å²) in [5.41, 5.74) is 1.50. The van der Waals surface area contributed by atoms with Crippen LogP contribution in [0.2, 0.25) is 0 Å². The normalized spacial score (nSPS) is 10.1. The van der Waals surface area contributed by atoms with Crippen molar-refractivity contribution in [3.63, 3.8) is 0 Å². The maximum absolute atomic E-state index is 13.0. The van der Waals surface area contributed by atoms with Crippen LogP contribution in [0.5, 0.6) is 5.75 Å². The molecule has 4 heteroatoms. The second kappa shape index (κ2) is 6.70. The lowest BCUT2D eigenvalue weighted by Crippen LogP contribution is -2.12. The molecule has 0 aliphatic rings. The summed E-state index contributed by atoms with van der Waals surface area (Å²) in [6.07, 6.45) is 0.814. The average Bonchev–Trinajstić information content (AvgIpc) is 2.45. The molecule has 2 rings (SSSR count). The number of hydrogen-bond donors (Lipinski definition) is 1. The van der Waals surface area contributed by atoms with Gasteiger partial charge in [0.15, 0.2) is 0 Å². The fourth-order valence-corrected chi connectivity index (χ4v) is 1.87. The molecular weight excluding hydrogens is 257 g/mol. The minimum Gasteiger partial charge on any atom is -0.497 e. The van der Waals surface area contributed by atoms with E-state index in [1.54, 1.807) is 31.4 Å². The molecule has 0 heterocycles. The summed E-state index contributed by atoms with van der Waals surface area (Å²) >= 11 is 0. The molecule has 0 radical (unpaired) electrons. The number of anilines is 1. The number of nitrogens with one attached hydrogen (secondary N) is 1. The second-order valence-corrected chi connectivity index (χ2v) is 4.41. The number of ether oxygens (including phenoxy) is 1. The van der Waals surface area contributed by atoms with Gasteiger partial charge in [0.25, 0.3) is 0 Å². The van der Waals surface area contributed by atoms with Gasteiger partial charge in [0.05, 0.1) is 7.11 Å². The van der Waals surface area contributed by atoms with Crippen LogP contribution in [0.4, 0.5) is 10.1 Å². The number of benzene rings is 2. The van der Waals surface area contributed by atoms with E-state index >= 15 is 0 Å². The number of hydrogen-bond acceptors (Lipinski definition) is 2. The monoisotopic (exact) mass is 273 g/mol. The van der Waals surface area contributed by atoms with Crippen molar-refractivity contribution in [2.75, 3.05) is 12.4 Å². The molecule has 1 amide bonds. The smallest absolute Gasteiger partial charge is 0.224 e. The maximum Gasteiger partial charge on any atom is 0.224 e. The fraction of sp³-hybridized carbons (Fsp3) is 0.188. The maximum atomic E-state index is 13.0. The molecular formula is C16H16FNO2. The zero-order chi connectivity index (χ0) is 14.4. The number of methoxy groups -OCH3 is 1. The van der Waals surface area contributed by atoms with Crippen molar-refractivity contribution >= 4 is 11.6 Å². The highest BCUT2D eigenvalue weighted by Crippen LogP contribution is 2.17. The highest BCUT2D eigenvalue weighted by molar-refractivity contribution is 5.91. The summed E-state index contributed by atoms with van der Waals surface area (Å²) in [4.78, 5) is 11.8. The van der Waals surface area contributed by atoms with Crippen LogP contribution in [0.15, 0.2) is 48.5 Å². The van der Waals surface area contributed by atoms with Crippen molar-refractivity contribution in [2.45, 2.75) is 12.8 Å². The van der Waals surface area contributed by atoms with E-state index in [2.05, 4.69) is 5.32 Å². The average molecular weight is 273 g/mol. The van der Waals surface area contributed by atoms with Crippen LogP contribution in [0.1, 0.15) is 12.0 Å².